The van der Waals surface area contributed by atoms with Gasteiger partial charge in [-0.2, -0.15) is 0 Å². The number of imide groups is 1. The van der Waals surface area contributed by atoms with Crippen LogP contribution >= 0.6 is 12.4 Å². The van der Waals surface area contributed by atoms with Crippen molar-refractivity contribution < 1.29 is 33.3 Å². The maximum Gasteiger partial charge on any atom is 0.328 e. The maximum absolute atomic E-state index is 12.2. The quantitative estimate of drug-likeness (QED) is 0.338. The van der Waals surface area contributed by atoms with Crippen molar-refractivity contribution in [3.63, 3.8) is 0 Å². The lowest BCUT2D eigenvalue weighted by Gasteiger charge is -2.28. The first-order valence-electron chi connectivity index (χ1n) is 10.1. The Hall–Kier alpha value is -2.44. The highest BCUT2D eigenvalue weighted by Gasteiger charge is 2.26. The summed E-state index contributed by atoms with van der Waals surface area (Å²) in [5.41, 5.74) is 6.28. The van der Waals surface area contributed by atoms with Crippen molar-refractivity contribution in [2.24, 2.45) is 5.73 Å². The number of benzene rings is 1. The third kappa shape index (κ3) is 9.37. The van der Waals surface area contributed by atoms with Gasteiger partial charge >= 0.3 is 6.03 Å². The van der Waals surface area contributed by atoms with Gasteiger partial charge in [0.05, 0.1) is 58.9 Å². The van der Waals surface area contributed by atoms with Crippen LogP contribution in [0.25, 0.3) is 0 Å². The second-order valence-corrected chi connectivity index (χ2v) is 6.57. The Morgan fingerprint density at radius 2 is 1.75 bits per heavy atom. The largest absolute Gasteiger partial charge is 0.495 e. The number of nitrogens with zero attached hydrogens (tertiary/aromatic N) is 1. The van der Waals surface area contributed by atoms with Gasteiger partial charge in [-0.25, -0.2) is 4.79 Å². The van der Waals surface area contributed by atoms with Gasteiger partial charge in [0.15, 0.2) is 0 Å². The molecule has 0 bridgehead atoms. The molecule has 1 aromatic rings. The molecule has 32 heavy (non-hydrogen) atoms. The molecule has 0 spiro atoms. The molecule has 180 valence electrons. The Labute approximate surface area is 193 Å². The first-order chi connectivity index (χ1) is 15.0. The number of halogens is 1. The van der Waals surface area contributed by atoms with E-state index in [4.69, 9.17) is 24.7 Å². The number of hydrogen-bond acceptors (Lipinski definition) is 8. The number of ether oxygens (including phenoxy) is 4. The number of amides is 4. The van der Waals surface area contributed by atoms with Crippen LogP contribution in [0.15, 0.2) is 18.2 Å². The van der Waals surface area contributed by atoms with Crippen molar-refractivity contribution in [2.45, 2.75) is 12.8 Å². The Kier molecular flexibility index (Phi) is 13.3. The first kappa shape index (κ1) is 27.6. The van der Waals surface area contributed by atoms with Gasteiger partial charge in [0.2, 0.25) is 11.8 Å². The van der Waals surface area contributed by atoms with Crippen LogP contribution in [-0.2, 0) is 23.8 Å². The lowest BCUT2D eigenvalue weighted by atomic mass is 10.2. The molecule has 1 aliphatic heterocycles. The van der Waals surface area contributed by atoms with E-state index in [1.165, 1.54) is 12.0 Å². The van der Waals surface area contributed by atoms with E-state index >= 15 is 0 Å². The summed E-state index contributed by atoms with van der Waals surface area (Å²) in [5.74, 6) is -0.0974. The van der Waals surface area contributed by atoms with E-state index in [9.17, 15) is 14.4 Å². The highest BCUT2D eigenvalue weighted by atomic mass is 35.5. The molecule has 4 N–H and O–H groups in total. The van der Waals surface area contributed by atoms with Gasteiger partial charge in [0, 0.05) is 25.2 Å². The Balaban J connectivity index is 0.00000512. The minimum Gasteiger partial charge on any atom is -0.495 e. The molecule has 11 nitrogen and oxygen atoms in total. The van der Waals surface area contributed by atoms with Crippen LogP contribution in [0.4, 0.5) is 16.2 Å². The zero-order chi connectivity index (χ0) is 22.5. The molecule has 0 saturated carbocycles. The number of hydrogen-bond donors (Lipinski definition) is 3. The van der Waals surface area contributed by atoms with Gasteiger partial charge in [-0.1, -0.05) is 0 Å². The summed E-state index contributed by atoms with van der Waals surface area (Å²) in [6.07, 6.45) is 0.354. The third-order valence-corrected chi connectivity index (χ3v) is 4.29. The molecule has 2 rings (SSSR count). The fourth-order valence-corrected chi connectivity index (χ4v) is 2.79. The van der Waals surface area contributed by atoms with E-state index < -0.39 is 6.03 Å². The van der Waals surface area contributed by atoms with E-state index in [2.05, 4.69) is 10.6 Å². The minimum absolute atomic E-state index is 0. The van der Waals surface area contributed by atoms with Crippen molar-refractivity contribution in [1.29, 1.82) is 0 Å². The molecule has 0 aliphatic carbocycles. The highest BCUT2D eigenvalue weighted by Crippen LogP contribution is 2.32. The average Bonchev–Trinajstić information content (AvgIpc) is 2.75. The van der Waals surface area contributed by atoms with Gasteiger partial charge < -0.3 is 30.0 Å². The van der Waals surface area contributed by atoms with Crippen LogP contribution in [0.5, 0.6) is 5.75 Å². The summed E-state index contributed by atoms with van der Waals surface area (Å²) in [4.78, 5) is 37.1. The number of rotatable bonds is 14. The lowest BCUT2D eigenvalue weighted by molar-refractivity contribution is -0.120. The average molecular weight is 475 g/mol. The predicted molar refractivity (Wildman–Crippen MR) is 121 cm³/mol. The van der Waals surface area contributed by atoms with Crippen LogP contribution in [-0.4, -0.2) is 77.7 Å². The molecule has 1 saturated heterocycles. The zero-order valence-corrected chi connectivity index (χ0v) is 18.9. The molecule has 0 radical (unpaired) electrons. The van der Waals surface area contributed by atoms with Crippen molar-refractivity contribution in [3.8, 4) is 5.75 Å². The molecule has 1 fully saturated rings. The van der Waals surface area contributed by atoms with Crippen LogP contribution in [0, 0.1) is 0 Å². The van der Waals surface area contributed by atoms with Crippen LogP contribution in [0.2, 0.25) is 0 Å². The summed E-state index contributed by atoms with van der Waals surface area (Å²) in [7, 11) is 1.48. The Bertz CT molecular complexity index is 751. The van der Waals surface area contributed by atoms with E-state index in [0.717, 1.165) is 0 Å². The number of methoxy groups -OCH3 is 1. The van der Waals surface area contributed by atoms with Crippen molar-refractivity contribution in [3.05, 3.63) is 18.2 Å². The van der Waals surface area contributed by atoms with Gasteiger partial charge in [0.25, 0.3) is 0 Å². The summed E-state index contributed by atoms with van der Waals surface area (Å²) >= 11 is 0. The molecule has 12 heteroatoms. The second-order valence-electron chi connectivity index (χ2n) is 6.57. The lowest BCUT2D eigenvalue weighted by Crippen LogP contribution is -2.49. The summed E-state index contributed by atoms with van der Waals surface area (Å²) in [6.45, 7) is 3.21. The number of nitrogens with one attached hydrogen (secondary N) is 2. The molecule has 4 amide bonds. The number of urea groups is 1. The van der Waals surface area contributed by atoms with Crippen LogP contribution in [0.3, 0.4) is 0 Å². The smallest absolute Gasteiger partial charge is 0.328 e. The molecule has 1 heterocycles. The van der Waals surface area contributed by atoms with E-state index in [0.29, 0.717) is 56.7 Å². The normalized spacial score (nSPS) is 13.4. The van der Waals surface area contributed by atoms with Gasteiger partial charge in [-0.15, -0.1) is 12.4 Å². The van der Waals surface area contributed by atoms with Gasteiger partial charge in [-0.3, -0.25) is 19.8 Å². The molecule has 0 unspecified atom stereocenters. The molecule has 0 aromatic heterocycles. The van der Waals surface area contributed by atoms with E-state index in [1.54, 1.807) is 18.2 Å². The fourth-order valence-electron chi connectivity index (χ4n) is 2.79. The minimum atomic E-state index is -0.528. The van der Waals surface area contributed by atoms with E-state index in [1.807, 2.05) is 0 Å². The molecule has 1 aromatic carbocycles. The number of carbonyl (C=O) groups is 3. The van der Waals surface area contributed by atoms with Gasteiger partial charge in [-0.05, 0) is 18.2 Å². The fraction of sp³-hybridized carbons (Fsp3) is 0.550. The zero-order valence-electron chi connectivity index (χ0n) is 18.1. The number of nitrogens with two attached hydrogens (primary N) is 1. The molecular weight excluding hydrogens is 444 g/mol. The molecular formula is C20H31ClN4O7. The number of carbonyl (C=O) groups excluding carboxylic acids is 3. The SMILES string of the molecule is COc1ccc(NC(=O)CCOCCOCCOCCN)cc1N1CCC(=O)NC1=O.Cl. The Morgan fingerprint density at radius 1 is 1.09 bits per heavy atom. The molecule has 0 atom stereocenters. The van der Waals surface area contributed by atoms with Crippen molar-refractivity contribution in [2.75, 3.05) is 70.1 Å². The monoisotopic (exact) mass is 474 g/mol. The molecule has 1 aliphatic rings. The predicted octanol–water partition coefficient (Wildman–Crippen LogP) is 0.900. The highest BCUT2D eigenvalue weighted by molar-refractivity contribution is 6.06. The summed E-state index contributed by atoms with van der Waals surface area (Å²) < 4.78 is 21.2. The van der Waals surface area contributed by atoms with E-state index in [-0.39, 0.29) is 50.2 Å². The summed E-state index contributed by atoms with van der Waals surface area (Å²) in [5, 5.41) is 5.04. The third-order valence-electron chi connectivity index (χ3n) is 4.29. The second kappa shape index (κ2) is 15.4. The van der Waals surface area contributed by atoms with Crippen LogP contribution in [0.1, 0.15) is 12.8 Å². The Morgan fingerprint density at radius 3 is 2.38 bits per heavy atom. The maximum atomic E-state index is 12.2. The van der Waals surface area contributed by atoms with Crippen LogP contribution < -0.4 is 26.0 Å². The summed E-state index contributed by atoms with van der Waals surface area (Å²) in [6, 6.07) is 4.43. The standard InChI is InChI=1S/C20H30N4O7.ClH/c1-28-17-3-2-15(14-16(17)24-7-4-18(25)23-20(24)27)22-19(26)5-8-29-10-12-31-13-11-30-9-6-21;/h2-3,14H,4-13,21H2,1H3,(H,22,26)(H,23,25,27);1H. The van der Waals surface area contributed by atoms with Gasteiger partial charge in [0.1, 0.15) is 5.75 Å². The number of anilines is 2. The first-order valence-corrected chi connectivity index (χ1v) is 10.1. The van der Waals surface area contributed by atoms with Crippen molar-refractivity contribution >= 4 is 41.6 Å². The topological polar surface area (TPSA) is 141 Å². The van der Waals surface area contributed by atoms with Crippen molar-refractivity contribution in [1.82, 2.24) is 5.32 Å².